The van der Waals surface area contributed by atoms with Crippen LogP contribution in [-0.4, -0.2) is 17.9 Å². The molecule has 5 nitrogen and oxygen atoms in total. The predicted molar refractivity (Wildman–Crippen MR) is 76.7 cm³/mol. The molecule has 5 heteroatoms. The van der Waals surface area contributed by atoms with Gasteiger partial charge in [-0.2, -0.15) is 0 Å². The van der Waals surface area contributed by atoms with Gasteiger partial charge in [-0.1, -0.05) is 30.3 Å². The fourth-order valence-electron chi connectivity index (χ4n) is 1.87. The summed E-state index contributed by atoms with van der Waals surface area (Å²) in [7, 11) is 1.69. The fourth-order valence-corrected chi connectivity index (χ4v) is 1.87. The average molecular weight is 270 g/mol. The quantitative estimate of drug-likeness (QED) is 0.634. The average Bonchev–Trinajstić information content (AvgIpc) is 2.47. The van der Waals surface area contributed by atoms with Crippen molar-refractivity contribution >= 4 is 17.3 Å². The number of anilines is 1. The zero-order valence-corrected chi connectivity index (χ0v) is 11.0. The van der Waals surface area contributed by atoms with Gasteiger partial charge in [0, 0.05) is 24.9 Å². The van der Waals surface area contributed by atoms with Gasteiger partial charge < -0.3 is 4.90 Å². The van der Waals surface area contributed by atoms with Crippen LogP contribution in [0.25, 0.3) is 0 Å². The van der Waals surface area contributed by atoms with Crippen molar-refractivity contribution in [1.82, 2.24) is 0 Å². The Labute approximate surface area is 116 Å². The summed E-state index contributed by atoms with van der Waals surface area (Å²) in [4.78, 5) is 23.9. The van der Waals surface area contributed by atoms with Gasteiger partial charge >= 0.3 is 0 Å². The van der Waals surface area contributed by atoms with Gasteiger partial charge in [0.15, 0.2) is 0 Å². The van der Waals surface area contributed by atoms with Crippen LogP contribution in [0.2, 0.25) is 0 Å². The molecule has 0 aliphatic heterocycles. The standard InChI is InChI=1S/C15H14N2O3/c1-16(13-7-3-2-4-8-13)15(18)11-12-6-5-9-14(10-12)17(19)20/h2-10H,11H2,1H3. The van der Waals surface area contributed by atoms with E-state index in [0.717, 1.165) is 5.69 Å². The highest BCUT2D eigenvalue weighted by Crippen LogP contribution is 2.16. The maximum atomic E-state index is 12.2. The second-order valence-corrected chi connectivity index (χ2v) is 4.39. The highest BCUT2D eigenvalue weighted by Gasteiger charge is 2.13. The zero-order chi connectivity index (χ0) is 14.5. The Kier molecular flexibility index (Phi) is 4.10. The monoisotopic (exact) mass is 270 g/mol. The third kappa shape index (κ3) is 3.20. The first-order valence-corrected chi connectivity index (χ1v) is 6.13. The van der Waals surface area contributed by atoms with E-state index in [4.69, 9.17) is 0 Å². The van der Waals surface area contributed by atoms with E-state index in [2.05, 4.69) is 0 Å². The van der Waals surface area contributed by atoms with Gasteiger partial charge in [-0.25, -0.2) is 0 Å². The fraction of sp³-hybridized carbons (Fsp3) is 0.133. The number of non-ortho nitro benzene ring substituents is 1. The maximum Gasteiger partial charge on any atom is 0.269 e. The van der Waals surface area contributed by atoms with Gasteiger partial charge in [-0.15, -0.1) is 0 Å². The minimum atomic E-state index is -0.463. The number of nitro benzene ring substituents is 1. The summed E-state index contributed by atoms with van der Waals surface area (Å²) in [6.07, 6.45) is 0.132. The van der Waals surface area contributed by atoms with Gasteiger partial charge in [0.05, 0.1) is 11.3 Å². The molecule has 0 unspecified atom stereocenters. The lowest BCUT2D eigenvalue weighted by molar-refractivity contribution is -0.384. The first kappa shape index (κ1) is 13.7. The molecule has 0 saturated heterocycles. The number of nitrogens with zero attached hydrogens (tertiary/aromatic N) is 2. The van der Waals surface area contributed by atoms with Crippen molar-refractivity contribution in [2.24, 2.45) is 0 Å². The minimum absolute atomic E-state index is 0.00216. The molecule has 0 atom stereocenters. The van der Waals surface area contributed by atoms with E-state index in [1.54, 1.807) is 24.1 Å². The smallest absolute Gasteiger partial charge is 0.269 e. The second kappa shape index (κ2) is 5.97. The SMILES string of the molecule is CN(C(=O)Cc1cccc([N+](=O)[O-])c1)c1ccccc1. The van der Waals surface area contributed by atoms with Gasteiger partial charge in [-0.3, -0.25) is 14.9 Å². The number of nitro groups is 1. The van der Waals surface area contributed by atoms with Crippen LogP contribution in [0, 0.1) is 10.1 Å². The molecule has 20 heavy (non-hydrogen) atoms. The molecule has 0 bridgehead atoms. The molecule has 2 aromatic carbocycles. The van der Waals surface area contributed by atoms with Crippen molar-refractivity contribution < 1.29 is 9.72 Å². The second-order valence-electron chi connectivity index (χ2n) is 4.39. The van der Waals surface area contributed by atoms with Crippen LogP contribution < -0.4 is 4.90 Å². The van der Waals surface area contributed by atoms with Crippen LogP contribution in [0.5, 0.6) is 0 Å². The molecule has 0 radical (unpaired) electrons. The van der Waals surface area contributed by atoms with Gasteiger partial charge in [0.1, 0.15) is 0 Å². The number of benzene rings is 2. The lowest BCUT2D eigenvalue weighted by Crippen LogP contribution is -2.27. The number of rotatable bonds is 4. The molecule has 1 amide bonds. The van der Waals surface area contributed by atoms with Crippen molar-refractivity contribution in [3.8, 4) is 0 Å². The largest absolute Gasteiger partial charge is 0.315 e. The normalized spacial score (nSPS) is 10.1. The molecule has 0 spiro atoms. The maximum absolute atomic E-state index is 12.2. The Balaban J connectivity index is 2.12. The summed E-state index contributed by atoms with van der Waals surface area (Å²) in [6, 6.07) is 15.4. The van der Waals surface area contributed by atoms with E-state index in [0.29, 0.717) is 5.56 Å². The van der Waals surface area contributed by atoms with E-state index < -0.39 is 4.92 Å². The zero-order valence-electron chi connectivity index (χ0n) is 11.0. The minimum Gasteiger partial charge on any atom is -0.315 e. The molecule has 2 rings (SSSR count). The number of hydrogen-bond donors (Lipinski definition) is 0. The third-order valence-corrected chi connectivity index (χ3v) is 2.99. The Hall–Kier alpha value is -2.69. The molecule has 102 valence electrons. The highest BCUT2D eigenvalue weighted by atomic mass is 16.6. The van der Waals surface area contributed by atoms with E-state index in [-0.39, 0.29) is 18.0 Å². The summed E-state index contributed by atoms with van der Waals surface area (Å²) in [6.45, 7) is 0. The van der Waals surface area contributed by atoms with Crippen LogP contribution in [-0.2, 0) is 11.2 Å². The summed E-state index contributed by atoms with van der Waals surface area (Å²) in [5.74, 6) is -0.114. The Morgan fingerprint density at radius 2 is 1.85 bits per heavy atom. The summed E-state index contributed by atoms with van der Waals surface area (Å²) < 4.78 is 0. The number of carbonyl (C=O) groups is 1. The summed E-state index contributed by atoms with van der Waals surface area (Å²) >= 11 is 0. The van der Waals surface area contributed by atoms with Crippen LogP contribution in [0.3, 0.4) is 0 Å². The number of amides is 1. The van der Waals surface area contributed by atoms with Gasteiger partial charge in [0.25, 0.3) is 5.69 Å². The number of carbonyl (C=O) groups excluding carboxylic acids is 1. The van der Waals surface area contributed by atoms with E-state index >= 15 is 0 Å². The van der Waals surface area contributed by atoms with Gasteiger partial charge in [0.2, 0.25) is 5.91 Å². The molecule has 2 aromatic rings. The van der Waals surface area contributed by atoms with Gasteiger partial charge in [-0.05, 0) is 17.7 Å². The predicted octanol–water partition coefficient (Wildman–Crippen LogP) is 2.80. The topological polar surface area (TPSA) is 63.5 Å². The molecular weight excluding hydrogens is 256 g/mol. The van der Waals surface area contributed by atoms with Crippen molar-refractivity contribution in [3.63, 3.8) is 0 Å². The van der Waals surface area contributed by atoms with E-state index in [9.17, 15) is 14.9 Å². The first-order chi connectivity index (χ1) is 9.58. The molecular formula is C15H14N2O3. The Bertz CT molecular complexity index is 626. The van der Waals surface area contributed by atoms with E-state index in [1.807, 2.05) is 30.3 Å². The van der Waals surface area contributed by atoms with Crippen LogP contribution in [0.15, 0.2) is 54.6 Å². The van der Waals surface area contributed by atoms with E-state index in [1.165, 1.54) is 12.1 Å². The molecule has 0 fully saturated rings. The Morgan fingerprint density at radius 1 is 1.15 bits per heavy atom. The van der Waals surface area contributed by atoms with Crippen molar-refractivity contribution in [3.05, 3.63) is 70.3 Å². The van der Waals surface area contributed by atoms with Crippen LogP contribution in [0.4, 0.5) is 11.4 Å². The molecule has 0 aliphatic carbocycles. The molecule has 0 N–H and O–H groups in total. The third-order valence-electron chi connectivity index (χ3n) is 2.99. The van der Waals surface area contributed by atoms with Crippen LogP contribution >= 0.6 is 0 Å². The number of hydrogen-bond acceptors (Lipinski definition) is 3. The molecule has 0 aromatic heterocycles. The molecule has 0 saturated carbocycles. The Morgan fingerprint density at radius 3 is 2.50 bits per heavy atom. The first-order valence-electron chi connectivity index (χ1n) is 6.13. The van der Waals surface area contributed by atoms with Crippen molar-refractivity contribution in [1.29, 1.82) is 0 Å². The summed E-state index contributed by atoms with van der Waals surface area (Å²) in [5, 5.41) is 10.7. The van der Waals surface area contributed by atoms with Crippen molar-refractivity contribution in [2.75, 3.05) is 11.9 Å². The molecule has 0 heterocycles. The lowest BCUT2D eigenvalue weighted by atomic mass is 10.1. The lowest BCUT2D eigenvalue weighted by Gasteiger charge is -2.17. The highest BCUT2D eigenvalue weighted by molar-refractivity contribution is 5.94. The summed E-state index contributed by atoms with van der Waals surface area (Å²) in [5.41, 5.74) is 1.42. The van der Waals surface area contributed by atoms with Crippen molar-refractivity contribution in [2.45, 2.75) is 6.42 Å². The number of para-hydroxylation sites is 1. The molecule has 0 aliphatic rings. The number of likely N-dealkylation sites (N-methyl/N-ethyl adjacent to an activating group) is 1. The van der Waals surface area contributed by atoms with Crippen LogP contribution in [0.1, 0.15) is 5.56 Å².